The van der Waals surface area contributed by atoms with Crippen LogP contribution in [-0.4, -0.2) is 30.1 Å². The number of hydrogen-bond donors (Lipinski definition) is 3. The molecule has 0 aliphatic carbocycles. The summed E-state index contributed by atoms with van der Waals surface area (Å²) in [7, 11) is 0. The number of rotatable bonds is 7. The van der Waals surface area contributed by atoms with Gasteiger partial charge in [-0.1, -0.05) is 52.1 Å². The number of hydrogen-bond acceptors (Lipinski definition) is 5. The highest BCUT2D eigenvalue weighted by molar-refractivity contribution is 5.95. The van der Waals surface area contributed by atoms with E-state index in [9.17, 15) is 4.39 Å². The normalized spacial score (nSPS) is 12.7. The van der Waals surface area contributed by atoms with Crippen LogP contribution in [0.1, 0.15) is 33.4 Å². The average Bonchev–Trinajstić information content (AvgIpc) is 3.53. The number of imidazole rings is 1. The van der Waals surface area contributed by atoms with Crippen molar-refractivity contribution in [3.05, 3.63) is 103 Å². The van der Waals surface area contributed by atoms with Crippen LogP contribution >= 0.6 is 0 Å². The molecule has 4 aromatic heterocycles. The zero-order chi connectivity index (χ0) is 27.7. The predicted octanol–water partition coefficient (Wildman–Crippen LogP) is 7.32. The maximum Gasteiger partial charge on any atom is 0.161 e. The van der Waals surface area contributed by atoms with Gasteiger partial charge in [-0.05, 0) is 55.0 Å². The van der Waals surface area contributed by atoms with Crippen molar-refractivity contribution in [2.45, 2.75) is 27.7 Å². The molecule has 0 radical (unpaired) electrons. The first kappa shape index (κ1) is 25.8. The van der Waals surface area contributed by atoms with Crippen molar-refractivity contribution in [3.8, 4) is 22.8 Å². The monoisotopic (exact) mass is 519 g/mol. The molecule has 0 aliphatic heterocycles. The van der Waals surface area contributed by atoms with E-state index < -0.39 is 0 Å². The maximum absolute atomic E-state index is 13.9. The first-order valence-corrected chi connectivity index (χ1v) is 12.6. The summed E-state index contributed by atoms with van der Waals surface area (Å²) in [5.74, 6) is 0.211. The second kappa shape index (κ2) is 10.1. The van der Waals surface area contributed by atoms with Gasteiger partial charge in [0.25, 0.3) is 0 Å². The van der Waals surface area contributed by atoms with E-state index >= 15 is 0 Å². The number of nitrogens with zero attached hydrogens (tertiary/aromatic N) is 4. The molecule has 0 aliphatic rings. The SMILES string of the molecule is C=C/C(=C\C(=C/C)c1ccc2[nH]nc(-c3nc4c(-c5cccc(F)c5)nccc4[nH]3)c2n1)NC(=C)C(C)(C)C. The Labute approximate surface area is 226 Å². The van der Waals surface area contributed by atoms with Crippen LogP contribution in [0, 0.1) is 11.2 Å². The summed E-state index contributed by atoms with van der Waals surface area (Å²) in [4.78, 5) is 17.5. The molecule has 8 heteroatoms. The number of H-pyrrole nitrogens is 2. The van der Waals surface area contributed by atoms with Crippen LogP contribution in [0.25, 0.3) is 50.4 Å². The summed E-state index contributed by atoms with van der Waals surface area (Å²) < 4.78 is 13.9. The molecule has 4 heterocycles. The van der Waals surface area contributed by atoms with Gasteiger partial charge in [0.05, 0.1) is 22.4 Å². The molecule has 0 atom stereocenters. The topological polar surface area (TPSA) is 95.2 Å². The van der Waals surface area contributed by atoms with Gasteiger partial charge in [0.1, 0.15) is 16.9 Å². The summed E-state index contributed by atoms with van der Waals surface area (Å²) in [6.45, 7) is 16.4. The quantitative estimate of drug-likeness (QED) is 0.196. The van der Waals surface area contributed by atoms with Crippen molar-refractivity contribution < 1.29 is 4.39 Å². The van der Waals surface area contributed by atoms with Crippen LogP contribution in [0.2, 0.25) is 0 Å². The Morgan fingerprint density at radius 1 is 1.03 bits per heavy atom. The molecule has 0 saturated heterocycles. The van der Waals surface area contributed by atoms with Gasteiger partial charge >= 0.3 is 0 Å². The molecule has 0 fully saturated rings. The van der Waals surface area contributed by atoms with E-state index in [2.05, 4.69) is 59.4 Å². The van der Waals surface area contributed by atoms with E-state index in [0.29, 0.717) is 33.8 Å². The minimum absolute atomic E-state index is 0.0995. The lowest BCUT2D eigenvalue weighted by Gasteiger charge is -2.23. The Balaban J connectivity index is 1.55. The summed E-state index contributed by atoms with van der Waals surface area (Å²) in [5.41, 5.74) is 7.97. The van der Waals surface area contributed by atoms with E-state index in [-0.39, 0.29) is 11.2 Å². The standard InChI is InChI=1S/C31H30FN7/c1-7-19(17-22(8-2)34-18(3)31(4,5)6)23-12-13-25-28(35-23)29(39-38-25)30-36-24-14-15-33-26(27(24)37-30)20-10-9-11-21(32)16-20/h7-17,34H,2-3H2,1,4-6H3,(H,36,37)(H,38,39)/b19-7+,22-17+. The second-order valence-electron chi connectivity index (χ2n) is 10.2. The molecule has 3 N–H and O–H groups in total. The van der Waals surface area contributed by atoms with Crippen LogP contribution in [-0.2, 0) is 0 Å². The minimum Gasteiger partial charge on any atom is -0.359 e. The summed E-state index contributed by atoms with van der Waals surface area (Å²) in [6.07, 6.45) is 7.43. The number of benzene rings is 1. The highest BCUT2D eigenvalue weighted by Crippen LogP contribution is 2.31. The minimum atomic E-state index is -0.330. The first-order valence-electron chi connectivity index (χ1n) is 12.6. The summed E-state index contributed by atoms with van der Waals surface area (Å²) in [6, 6.07) is 12.0. The fourth-order valence-electron chi connectivity index (χ4n) is 4.10. The summed E-state index contributed by atoms with van der Waals surface area (Å²) >= 11 is 0. The number of nitrogens with one attached hydrogen (secondary N) is 3. The fourth-order valence-corrected chi connectivity index (χ4v) is 4.10. The van der Waals surface area contributed by atoms with Crippen LogP contribution in [0.15, 0.2) is 91.4 Å². The van der Waals surface area contributed by atoms with Gasteiger partial charge in [-0.2, -0.15) is 5.10 Å². The van der Waals surface area contributed by atoms with Crippen molar-refractivity contribution in [1.29, 1.82) is 0 Å². The van der Waals surface area contributed by atoms with Crippen LogP contribution in [0.4, 0.5) is 4.39 Å². The smallest absolute Gasteiger partial charge is 0.161 e. The molecular weight excluding hydrogens is 489 g/mol. The van der Waals surface area contributed by atoms with Crippen molar-refractivity contribution in [2.24, 2.45) is 5.41 Å². The van der Waals surface area contributed by atoms with E-state index in [0.717, 1.165) is 33.7 Å². The molecule has 196 valence electrons. The van der Waals surface area contributed by atoms with Crippen LogP contribution < -0.4 is 5.32 Å². The number of halogens is 1. The third kappa shape index (κ3) is 5.13. The molecule has 1 aromatic carbocycles. The Kier molecular flexibility index (Phi) is 6.70. The molecule has 5 rings (SSSR count). The molecule has 0 spiro atoms. The van der Waals surface area contributed by atoms with Crippen molar-refractivity contribution >= 4 is 27.6 Å². The maximum atomic E-state index is 13.9. The van der Waals surface area contributed by atoms with E-state index in [1.807, 2.05) is 43.3 Å². The average molecular weight is 520 g/mol. The van der Waals surface area contributed by atoms with Crippen molar-refractivity contribution in [1.82, 2.24) is 35.5 Å². The fraction of sp³-hybridized carbons (Fsp3) is 0.161. The molecule has 0 bridgehead atoms. The number of aromatic amines is 2. The third-order valence-corrected chi connectivity index (χ3v) is 6.47. The Hall–Kier alpha value is -4.85. The second-order valence-corrected chi connectivity index (χ2v) is 10.2. The predicted molar refractivity (Wildman–Crippen MR) is 156 cm³/mol. The number of aromatic nitrogens is 6. The van der Waals surface area contributed by atoms with Crippen LogP contribution in [0.5, 0.6) is 0 Å². The van der Waals surface area contributed by atoms with Gasteiger partial charge in [-0.25, -0.2) is 14.4 Å². The molecule has 0 saturated carbocycles. The van der Waals surface area contributed by atoms with E-state index in [1.165, 1.54) is 12.1 Å². The van der Waals surface area contributed by atoms with Gasteiger partial charge in [0, 0.05) is 28.6 Å². The summed E-state index contributed by atoms with van der Waals surface area (Å²) in [5, 5.41) is 10.9. The third-order valence-electron chi connectivity index (χ3n) is 6.47. The van der Waals surface area contributed by atoms with Crippen LogP contribution in [0.3, 0.4) is 0 Å². The highest BCUT2D eigenvalue weighted by Gasteiger charge is 2.18. The number of allylic oxidation sites excluding steroid dienone is 5. The first-order chi connectivity index (χ1) is 18.7. The molecule has 7 nitrogen and oxygen atoms in total. The van der Waals surface area contributed by atoms with Gasteiger partial charge in [-0.3, -0.25) is 10.1 Å². The molecule has 0 unspecified atom stereocenters. The van der Waals surface area contributed by atoms with E-state index in [4.69, 9.17) is 9.97 Å². The number of fused-ring (bicyclic) bond motifs is 2. The van der Waals surface area contributed by atoms with Gasteiger partial charge in [-0.15, -0.1) is 0 Å². The largest absolute Gasteiger partial charge is 0.359 e. The van der Waals surface area contributed by atoms with Gasteiger partial charge < -0.3 is 10.3 Å². The molecular formula is C31H30FN7. The zero-order valence-electron chi connectivity index (χ0n) is 22.4. The Morgan fingerprint density at radius 3 is 2.54 bits per heavy atom. The lowest BCUT2D eigenvalue weighted by molar-refractivity contribution is 0.478. The lowest BCUT2D eigenvalue weighted by Crippen LogP contribution is -2.22. The Bertz CT molecular complexity index is 1780. The lowest BCUT2D eigenvalue weighted by atomic mass is 9.92. The van der Waals surface area contributed by atoms with E-state index in [1.54, 1.807) is 18.3 Å². The molecule has 39 heavy (non-hydrogen) atoms. The molecule has 0 amide bonds. The van der Waals surface area contributed by atoms with Crippen molar-refractivity contribution in [3.63, 3.8) is 0 Å². The zero-order valence-corrected chi connectivity index (χ0v) is 22.4. The molecule has 5 aromatic rings. The van der Waals surface area contributed by atoms with Crippen molar-refractivity contribution in [2.75, 3.05) is 0 Å². The Morgan fingerprint density at radius 2 is 1.82 bits per heavy atom. The van der Waals surface area contributed by atoms with Gasteiger partial charge in [0.15, 0.2) is 11.5 Å². The van der Waals surface area contributed by atoms with Gasteiger partial charge in [0.2, 0.25) is 0 Å². The highest BCUT2D eigenvalue weighted by atomic mass is 19.1. The number of pyridine rings is 2.